The van der Waals surface area contributed by atoms with Crippen LogP contribution < -0.4 is 0 Å². The fourth-order valence-corrected chi connectivity index (χ4v) is 1.30. The zero-order valence-electron chi connectivity index (χ0n) is 13.4. The number of halogens is 19. The first-order chi connectivity index (χ1) is 13.5. The Kier molecular flexibility index (Phi) is 7.10. The van der Waals surface area contributed by atoms with Gasteiger partial charge in [0.15, 0.2) is 0 Å². The molecule has 0 aliphatic heterocycles. The summed E-state index contributed by atoms with van der Waals surface area (Å²) in [7, 11) is 0. The molecule has 0 amide bonds. The summed E-state index contributed by atoms with van der Waals surface area (Å²) in [5.41, 5.74) is 0. The average Bonchev–Trinajstić information content (AvgIpc) is 2.50. The third kappa shape index (κ3) is 4.58. The van der Waals surface area contributed by atoms with E-state index in [1.54, 1.807) is 0 Å². The van der Waals surface area contributed by atoms with Crippen molar-refractivity contribution in [3.8, 4) is 6.07 Å². The Balaban J connectivity index is 6.85. The summed E-state index contributed by atoms with van der Waals surface area (Å²) < 4.78 is 243. The summed E-state index contributed by atoms with van der Waals surface area (Å²) in [6, 6.07) is -1.05. The van der Waals surface area contributed by atoms with Crippen molar-refractivity contribution >= 4 is 0 Å². The second kappa shape index (κ2) is 7.56. The number of rotatable bonds is 7. The van der Waals surface area contributed by atoms with Crippen molar-refractivity contribution in [2.45, 2.75) is 54.3 Å². The molecule has 0 N–H and O–H groups in total. The fourth-order valence-electron chi connectivity index (χ4n) is 1.30. The van der Waals surface area contributed by atoms with Crippen molar-refractivity contribution in [1.82, 2.24) is 0 Å². The standard InChI is InChI=1S/C10F19NO2/c11-2(12,1-30)4(15,7(20,21)22)31-10(28,29)5(16,8(23,24)25)32-9(26,27)3(13,14)6(17,18)19. The fraction of sp³-hybridized carbons (Fsp3) is 0.900. The predicted octanol–water partition coefficient (Wildman–Crippen LogP) is 6.02. The first kappa shape index (κ1) is 30.1. The van der Waals surface area contributed by atoms with Gasteiger partial charge in [-0.05, 0) is 0 Å². The lowest BCUT2D eigenvalue weighted by Gasteiger charge is -2.41. The van der Waals surface area contributed by atoms with E-state index in [0.717, 1.165) is 4.74 Å². The van der Waals surface area contributed by atoms with Gasteiger partial charge in [0.1, 0.15) is 6.07 Å². The minimum atomic E-state index is -8.29. The molecule has 0 heterocycles. The summed E-state index contributed by atoms with van der Waals surface area (Å²) in [5, 5.41) is 7.68. The van der Waals surface area contributed by atoms with Gasteiger partial charge in [0.2, 0.25) is 0 Å². The molecule has 0 aromatic heterocycles. The van der Waals surface area contributed by atoms with Crippen LogP contribution in [0.1, 0.15) is 0 Å². The number of nitriles is 1. The lowest BCUT2D eigenvalue weighted by molar-refractivity contribution is -0.559. The van der Waals surface area contributed by atoms with Gasteiger partial charge in [-0.1, -0.05) is 0 Å². The summed E-state index contributed by atoms with van der Waals surface area (Å²) in [6.45, 7) is 0. The van der Waals surface area contributed by atoms with Crippen LogP contribution in [0, 0.1) is 11.3 Å². The van der Waals surface area contributed by atoms with Crippen molar-refractivity contribution in [1.29, 1.82) is 5.26 Å². The molecule has 22 heteroatoms. The molecule has 0 saturated heterocycles. The molecule has 0 aliphatic carbocycles. The highest BCUT2D eigenvalue weighted by molar-refractivity contribution is 5.08. The van der Waals surface area contributed by atoms with Gasteiger partial charge < -0.3 is 0 Å². The third-order valence-corrected chi connectivity index (χ3v) is 2.91. The van der Waals surface area contributed by atoms with Crippen molar-refractivity contribution in [2.24, 2.45) is 0 Å². The maximum absolute atomic E-state index is 13.6. The molecule has 0 aromatic rings. The number of hydrogen-bond acceptors (Lipinski definition) is 3. The monoisotopic (exact) mass is 527 g/mol. The average molecular weight is 527 g/mol. The largest absolute Gasteiger partial charge is 0.462 e. The summed E-state index contributed by atoms with van der Waals surface area (Å²) >= 11 is 0. The van der Waals surface area contributed by atoms with E-state index in [1.807, 2.05) is 0 Å². The maximum Gasteiger partial charge on any atom is 0.462 e. The summed E-state index contributed by atoms with van der Waals surface area (Å²) in [5.74, 6) is -31.0. The minimum absolute atomic E-state index is 1.05. The SMILES string of the molecule is N#CC(F)(F)C(F)(OC(F)(F)C(F)(OC(F)(F)C(F)(F)C(F)(F)F)C(F)(F)F)C(F)(F)F. The Morgan fingerprint density at radius 3 is 1.00 bits per heavy atom. The van der Waals surface area contributed by atoms with Crippen LogP contribution in [0.3, 0.4) is 0 Å². The van der Waals surface area contributed by atoms with Crippen LogP contribution in [0.2, 0.25) is 0 Å². The predicted molar refractivity (Wildman–Crippen MR) is 53.4 cm³/mol. The van der Waals surface area contributed by atoms with Gasteiger partial charge in [0.25, 0.3) is 0 Å². The molecule has 0 spiro atoms. The summed E-state index contributed by atoms with van der Waals surface area (Å²) in [6.07, 6.45) is -39.8. The van der Waals surface area contributed by atoms with Crippen LogP contribution >= 0.6 is 0 Å². The van der Waals surface area contributed by atoms with E-state index in [4.69, 9.17) is 5.26 Å². The molecule has 0 bridgehead atoms. The highest BCUT2D eigenvalue weighted by Gasteiger charge is 2.87. The highest BCUT2D eigenvalue weighted by atomic mass is 19.4. The zero-order valence-corrected chi connectivity index (χ0v) is 13.4. The minimum Gasteiger partial charge on any atom is -0.264 e. The molecule has 2 atom stereocenters. The molecule has 32 heavy (non-hydrogen) atoms. The summed E-state index contributed by atoms with van der Waals surface area (Å²) in [4.78, 5) is 0. The topological polar surface area (TPSA) is 42.2 Å². The number of hydrogen-bond donors (Lipinski definition) is 0. The van der Waals surface area contributed by atoms with E-state index in [9.17, 15) is 83.4 Å². The van der Waals surface area contributed by atoms with E-state index >= 15 is 0 Å². The van der Waals surface area contributed by atoms with E-state index in [1.165, 1.54) is 4.74 Å². The van der Waals surface area contributed by atoms with Gasteiger partial charge in [-0.2, -0.15) is 88.7 Å². The molecule has 2 unspecified atom stereocenters. The zero-order chi connectivity index (χ0) is 26.6. The maximum atomic E-state index is 13.6. The second-order valence-electron chi connectivity index (χ2n) is 5.18. The van der Waals surface area contributed by atoms with Crippen molar-refractivity contribution < 1.29 is 92.9 Å². The molecule has 0 aromatic carbocycles. The van der Waals surface area contributed by atoms with Gasteiger partial charge in [-0.3, -0.25) is 9.47 Å². The van der Waals surface area contributed by atoms with Gasteiger partial charge in [0.05, 0.1) is 0 Å². The Hall–Kier alpha value is -1.92. The van der Waals surface area contributed by atoms with Gasteiger partial charge >= 0.3 is 54.3 Å². The molecular formula is C10F19NO2. The van der Waals surface area contributed by atoms with E-state index < -0.39 is 60.4 Å². The normalized spacial score (nSPS) is 19.2. The van der Waals surface area contributed by atoms with Gasteiger partial charge in [-0.25, -0.2) is 0 Å². The van der Waals surface area contributed by atoms with E-state index in [0.29, 0.717) is 0 Å². The number of alkyl halides is 19. The van der Waals surface area contributed by atoms with Gasteiger partial charge in [0, 0.05) is 0 Å². The van der Waals surface area contributed by atoms with Crippen LogP contribution in [0.4, 0.5) is 83.4 Å². The smallest absolute Gasteiger partial charge is 0.264 e. The lowest BCUT2D eigenvalue weighted by Crippen LogP contribution is -2.69. The van der Waals surface area contributed by atoms with Crippen molar-refractivity contribution in [3.05, 3.63) is 0 Å². The molecule has 0 radical (unpaired) electrons. The van der Waals surface area contributed by atoms with E-state index in [-0.39, 0.29) is 0 Å². The highest BCUT2D eigenvalue weighted by Crippen LogP contribution is 2.58. The Labute approximate surface area is 160 Å². The van der Waals surface area contributed by atoms with Crippen LogP contribution in [0.15, 0.2) is 0 Å². The molecular weight excluding hydrogens is 527 g/mol. The Bertz CT molecular complexity index is 728. The first-order valence-corrected chi connectivity index (χ1v) is 6.38. The number of ether oxygens (including phenoxy) is 2. The van der Waals surface area contributed by atoms with Crippen LogP contribution in [-0.2, 0) is 9.47 Å². The molecule has 3 nitrogen and oxygen atoms in total. The van der Waals surface area contributed by atoms with Crippen LogP contribution in [0.5, 0.6) is 0 Å². The molecule has 0 aliphatic rings. The number of nitrogens with zero attached hydrogens (tertiary/aromatic N) is 1. The second-order valence-corrected chi connectivity index (χ2v) is 5.18. The van der Waals surface area contributed by atoms with Gasteiger partial charge in [-0.15, -0.1) is 0 Å². The molecule has 0 fully saturated rings. The molecule has 0 rings (SSSR count). The van der Waals surface area contributed by atoms with Crippen LogP contribution in [0.25, 0.3) is 0 Å². The Morgan fingerprint density at radius 2 is 0.750 bits per heavy atom. The quantitative estimate of drug-likeness (QED) is 0.381. The van der Waals surface area contributed by atoms with Crippen LogP contribution in [-0.4, -0.2) is 54.3 Å². The van der Waals surface area contributed by atoms with Crippen molar-refractivity contribution in [2.75, 3.05) is 0 Å². The third-order valence-electron chi connectivity index (χ3n) is 2.91. The molecule has 190 valence electrons. The lowest BCUT2D eigenvalue weighted by atomic mass is 10.1. The van der Waals surface area contributed by atoms with Crippen molar-refractivity contribution in [3.63, 3.8) is 0 Å². The Morgan fingerprint density at radius 1 is 0.438 bits per heavy atom. The van der Waals surface area contributed by atoms with E-state index in [2.05, 4.69) is 0 Å². The first-order valence-electron chi connectivity index (χ1n) is 6.38. The molecule has 0 saturated carbocycles.